The third-order valence-electron chi connectivity index (χ3n) is 4.45. The Morgan fingerprint density at radius 1 is 1.27 bits per heavy atom. The lowest BCUT2D eigenvalue weighted by Crippen LogP contribution is -2.33. The molecule has 1 fully saturated rings. The maximum absolute atomic E-state index is 11.9. The molecular formula is C19H27Cl2N3O2. The normalized spacial score (nSPS) is 16.2. The van der Waals surface area contributed by atoms with Gasteiger partial charge in [0.15, 0.2) is 11.7 Å². The molecule has 1 aliphatic heterocycles. The summed E-state index contributed by atoms with van der Waals surface area (Å²) in [6.07, 6.45) is 6.23. The quantitative estimate of drug-likeness (QED) is 0.745. The molecule has 3 rings (SSSR count). The summed E-state index contributed by atoms with van der Waals surface area (Å²) in [6.45, 7) is 2.96. The molecule has 144 valence electrons. The predicted molar refractivity (Wildman–Crippen MR) is 108 cm³/mol. The van der Waals surface area contributed by atoms with Crippen molar-refractivity contribution < 1.29 is 9.21 Å². The molecule has 26 heavy (non-hydrogen) atoms. The summed E-state index contributed by atoms with van der Waals surface area (Å²) in [7, 11) is 0. The van der Waals surface area contributed by atoms with Gasteiger partial charge in [0.25, 0.3) is 0 Å². The summed E-state index contributed by atoms with van der Waals surface area (Å²) in [5.41, 5.74) is 1.00. The van der Waals surface area contributed by atoms with Crippen LogP contribution >= 0.6 is 24.8 Å². The van der Waals surface area contributed by atoms with Gasteiger partial charge in [0.2, 0.25) is 5.91 Å². The summed E-state index contributed by atoms with van der Waals surface area (Å²) in [5.74, 6) is 2.12. The van der Waals surface area contributed by atoms with Crippen molar-refractivity contribution in [1.29, 1.82) is 0 Å². The van der Waals surface area contributed by atoms with Crippen LogP contribution in [0.15, 0.2) is 40.9 Å². The van der Waals surface area contributed by atoms with Gasteiger partial charge in [0.05, 0.1) is 6.20 Å². The predicted octanol–water partition coefficient (Wildman–Crippen LogP) is 3.62. The number of nitrogens with one attached hydrogen (secondary N) is 2. The zero-order valence-electron chi connectivity index (χ0n) is 14.8. The molecule has 5 nitrogen and oxygen atoms in total. The van der Waals surface area contributed by atoms with E-state index in [0.29, 0.717) is 24.7 Å². The molecular weight excluding hydrogens is 373 g/mol. The summed E-state index contributed by atoms with van der Waals surface area (Å²) in [4.78, 5) is 16.2. The maximum atomic E-state index is 11.9. The number of hydrogen-bond donors (Lipinski definition) is 2. The fourth-order valence-electron chi connectivity index (χ4n) is 3.06. The van der Waals surface area contributed by atoms with Crippen LogP contribution in [0.5, 0.6) is 0 Å². The lowest BCUT2D eigenvalue weighted by Gasteiger charge is -2.22. The zero-order valence-corrected chi connectivity index (χ0v) is 16.4. The highest BCUT2D eigenvalue weighted by atomic mass is 35.5. The molecule has 0 radical (unpaired) electrons. The van der Waals surface area contributed by atoms with Gasteiger partial charge in [0, 0.05) is 24.9 Å². The maximum Gasteiger partial charge on any atom is 0.220 e. The zero-order chi connectivity index (χ0) is 16.6. The molecule has 7 heteroatoms. The number of amides is 1. The second-order valence-electron chi connectivity index (χ2n) is 6.34. The molecule has 2 heterocycles. The molecule has 1 atom stereocenters. The van der Waals surface area contributed by atoms with Crippen molar-refractivity contribution in [1.82, 2.24) is 15.6 Å². The van der Waals surface area contributed by atoms with Gasteiger partial charge in [-0.1, -0.05) is 30.3 Å². The lowest BCUT2D eigenvalue weighted by molar-refractivity contribution is -0.121. The number of rotatable bonds is 7. The Labute approximate surface area is 167 Å². The van der Waals surface area contributed by atoms with Crippen LogP contribution < -0.4 is 10.6 Å². The summed E-state index contributed by atoms with van der Waals surface area (Å²) >= 11 is 0. The summed E-state index contributed by atoms with van der Waals surface area (Å²) in [5, 5.41) is 6.40. The fourth-order valence-corrected chi connectivity index (χ4v) is 3.06. The number of halogens is 2. The molecule has 1 amide bonds. The van der Waals surface area contributed by atoms with Gasteiger partial charge in [-0.3, -0.25) is 4.79 Å². The number of aryl methyl sites for hydroxylation is 1. The Hall–Kier alpha value is -1.56. The van der Waals surface area contributed by atoms with E-state index < -0.39 is 0 Å². The van der Waals surface area contributed by atoms with Gasteiger partial charge < -0.3 is 15.1 Å². The van der Waals surface area contributed by atoms with E-state index in [1.807, 2.05) is 30.3 Å². The van der Waals surface area contributed by atoms with Gasteiger partial charge in [-0.15, -0.1) is 24.8 Å². The Balaban J connectivity index is 0.00000169. The average molecular weight is 400 g/mol. The summed E-state index contributed by atoms with van der Waals surface area (Å²) < 4.78 is 5.72. The number of carbonyl (C=O) groups excluding carboxylic acids is 1. The average Bonchev–Trinajstić information content (AvgIpc) is 3.11. The van der Waals surface area contributed by atoms with Gasteiger partial charge in [-0.05, 0) is 38.3 Å². The van der Waals surface area contributed by atoms with Crippen LogP contribution in [0.3, 0.4) is 0 Å². The molecule has 1 unspecified atom stereocenters. The van der Waals surface area contributed by atoms with Crippen molar-refractivity contribution in [3.63, 3.8) is 0 Å². The molecule has 0 saturated carbocycles. The SMILES string of the molecule is Cl.Cl.O=C(CCc1ncc(-c2ccccc2)o1)NCCC1CCCNC1. The minimum absolute atomic E-state index is 0. The van der Waals surface area contributed by atoms with E-state index in [1.54, 1.807) is 6.20 Å². The standard InChI is InChI=1S/C19H25N3O2.2ClH/c23-18(21-12-10-15-5-4-11-20-13-15)8-9-19-22-14-17(24-19)16-6-2-1-3-7-16;;/h1-3,6-7,14-15,20H,4-5,8-13H2,(H,21,23);2*1H. The summed E-state index contributed by atoms with van der Waals surface area (Å²) in [6, 6.07) is 9.86. The van der Waals surface area contributed by atoms with E-state index in [4.69, 9.17) is 4.42 Å². The van der Waals surface area contributed by atoms with E-state index >= 15 is 0 Å². The minimum atomic E-state index is 0. The molecule has 1 saturated heterocycles. The highest BCUT2D eigenvalue weighted by Gasteiger charge is 2.13. The molecule has 0 aliphatic carbocycles. The van der Waals surface area contributed by atoms with Crippen molar-refractivity contribution in [3.05, 3.63) is 42.4 Å². The smallest absolute Gasteiger partial charge is 0.220 e. The van der Waals surface area contributed by atoms with Crippen molar-refractivity contribution in [3.8, 4) is 11.3 Å². The van der Waals surface area contributed by atoms with Crippen molar-refractivity contribution in [2.45, 2.75) is 32.1 Å². The molecule has 1 aromatic carbocycles. The monoisotopic (exact) mass is 399 g/mol. The van der Waals surface area contributed by atoms with Gasteiger partial charge in [-0.25, -0.2) is 4.98 Å². The van der Waals surface area contributed by atoms with Crippen LogP contribution in [0.2, 0.25) is 0 Å². The number of piperidine rings is 1. The first-order valence-electron chi connectivity index (χ1n) is 8.79. The minimum Gasteiger partial charge on any atom is -0.441 e. The molecule has 1 aromatic heterocycles. The van der Waals surface area contributed by atoms with E-state index in [1.165, 1.54) is 12.8 Å². The van der Waals surface area contributed by atoms with E-state index in [-0.39, 0.29) is 30.7 Å². The molecule has 0 bridgehead atoms. The van der Waals surface area contributed by atoms with E-state index in [2.05, 4.69) is 15.6 Å². The first kappa shape index (κ1) is 22.5. The van der Waals surface area contributed by atoms with Crippen molar-refractivity contribution in [2.24, 2.45) is 5.92 Å². The van der Waals surface area contributed by atoms with Crippen LogP contribution in [0, 0.1) is 5.92 Å². The molecule has 0 spiro atoms. The van der Waals surface area contributed by atoms with Crippen LogP contribution in [0.25, 0.3) is 11.3 Å². The Morgan fingerprint density at radius 3 is 2.81 bits per heavy atom. The number of benzene rings is 1. The molecule has 2 aromatic rings. The van der Waals surface area contributed by atoms with Crippen molar-refractivity contribution >= 4 is 30.7 Å². The fraction of sp³-hybridized carbons (Fsp3) is 0.474. The van der Waals surface area contributed by atoms with Crippen molar-refractivity contribution in [2.75, 3.05) is 19.6 Å². The first-order chi connectivity index (χ1) is 11.8. The van der Waals surface area contributed by atoms with Crippen LogP contribution in [-0.2, 0) is 11.2 Å². The third kappa shape index (κ3) is 6.98. The van der Waals surface area contributed by atoms with Gasteiger partial charge in [-0.2, -0.15) is 0 Å². The van der Waals surface area contributed by atoms with E-state index in [0.717, 1.165) is 37.4 Å². The lowest BCUT2D eigenvalue weighted by atomic mass is 9.96. The van der Waals surface area contributed by atoms with E-state index in [9.17, 15) is 4.79 Å². The Bertz CT molecular complexity index is 643. The number of carbonyl (C=O) groups is 1. The Kier molecular flexibility index (Phi) is 10.3. The number of nitrogens with zero attached hydrogens (tertiary/aromatic N) is 1. The van der Waals surface area contributed by atoms with Crippen LogP contribution in [0.4, 0.5) is 0 Å². The largest absolute Gasteiger partial charge is 0.441 e. The number of aromatic nitrogens is 1. The highest BCUT2D eigenvalue weighted by molar-refractivity contribution is 5.85. The number of hydrogen-bond acceptors (Lipinski definition) is 4. The Morgan fingerprint density at radius 2 is 2.08 bits per heavy atom. The van der Waals surface area contributed by atoms with Gasteiger partial charge >= 0.3 is 0 Å². The third-order valence-corrected chi connectivity index (χ3v) is 4.45. The van der Waals surface area contributed by atoms with Crippen LogP contribution in [-0.4, -0.2) is 30.5 Å². The highest BCUT2D eigenvalue weighted by Crippen LogP contribution is 2.20. The first-order valence-corrected chi connectivity index (χ1v) is 8.79. The van der Waals surface area contributed by atoms with Crippen LogP contribution in [0.1, 0.15) is 31.6 Å². The molecule has 1 aliphatic rings. The second kappa shape index (κ2) is 11.9. The van der Waals surface area contributed by atoms with Gasteiger partial charge in [0.1, 0.15) is 0 Å². The molecule has 2 N–H and O–H groups in total. The topological polar surface area (TPSA) is 67.2 Å². The second-order valence-corrected chi connectivity index (χ2v) is 6.34. The number of oxazole rings is 1.